The molecule has 0 saturated heterocycles. The van der Waals surface area contributed by atoms with E-state index in [0.717, 1.165) is 5.56 Å². The summed E-state index contributed by atoms with van der Waals surface area (Å²) < 4.78 is 10.6. The third kappa shape index (κ3) is 5.69. The number of methoxy groups -OCH3 is 1. The monoisotopic (exact) mass is 389 g/mol. The molecule has 29 heavy (non-hydrogen) atoms. The van der Waals surface area contributed by atoms with Gasteiger partial charge in [0.1, 0.15) is 11.5 Å². The van der Waals surface area contributed by atoms with Gasteiger partial charge in [0, 0.05) is 12.1 Å². The van der Waals surface area contributed by atoms with Gasteiger partial charge in [-0.25, -0.2) is 0 Å². The number of nitrogens with one attached hydrogen (secondary N) is 1. The van der Waals surface area contributed by atoms with Crippen molar-refractivity contribution >= 4 is 17.6 Å². The lowest BCUT2D eigenvalue weighted by molar-refractivity contribution is -0.134. The van der Waals surface area contributed by atoms with Gasteiger partial charge >= 0.3 is 5.97 Å². The number of benzene rings is 3. The maximum Gasteiger partial charge on any atom is 0.311 e. The predicted molar refractivity (Wildman–Crippen MR) is 113 cm³/mol. The third-order valence-electron chi connectivity index (χ3n) is 4.43. The summed E-state index contributed by atoms with van der Waals surface area (Å²) in [7, 11) is 1.52. The molecule has 1 amide bonds. The molecule has 5 nitrogen and oxygen atoms in total. The molecule has 0 spiro atoms. The van der Waals surface area contributed by atoms with Crippen molar-refractivity contribution in [3.05, 3.63) is 89.5 Å². The largest absolute Gasteiger partial charge is 0.496 e. The van der Waals surface area contributed by atoms with Gasteiger partial charge in [-0.05, 0) is 55.3 Å². The van der Waals surface area contributed by atoms with Crippen LogP contribution in [0.2, 0.25) is 0 Å². The summed E-state index contributed by atoms with van der Waals surface area (Å²) in [6.07, 6.45) is 0.932. The minimum Gasteiger partial charge on any atom is -0.496 e. The Hall–Kier alpha value is -3.60. The van der Waals surface area contributed by atoms with Crippen LogP contribution < -0.4 is 14.8 Å². The summed E-state index contributed by atoms with van der Waals surface area (Å²) in [5.41, 5.74) is 3.33. The van der Waals surface area contributed by atoms with Crippen molar-refractivity contribution in [1.29, 1.82) is 0 Å². The molecule has 0 atom stereocenters. The van der Waals surface area contributed by atoms with Crippen molar-refractivity contribution < 1.29 is 19.1 Å². The van der Waals surface area contributed by atoms with Crippen molar-refractivity contribution in [3.63, 3.8) is 0 Å². The van der Waals surface area contributed by atoms with Crippen LogP contribution >= 0.6 is 0 Å². The van der Waals surface area contributed by atoms with Crippen LogP contribution in [0.25, 0.3) is 0 Å². The summed E-state index contributed by atoms with van der Waals surface area (Å²) in [5, 5.41) is 2.81. The maximum atomic E-state index is 12.4. The first-order chi connectivity index (χ1) is 14.0. The van der Waals surface area contributed by atoms with Crippen LogP contribution in [0.4, 0.5) is 5.69 Å². The van der Waals surface area contributed by atoms with E-state index in [0.29, 0.717) is 35.6 Å². The van der Waals surface area contributed by atoms with Gasteiger partial charge in [-0.1, -0.05) is 42.0 Å². The highest BCUT2D eigenvalue weighted by Gasteiger charge is 2.12. The summed E-state index contributed by atoms with van der Waals surface area (Å²) in [5.74, 6) is 0.375. The van der Waals surface area contributed by atoms with E-state index in [9.17, 15) is 9.59 Å². The Balaban J connectivity index is 1.53. The van der Waals surface area contributed by atoms with Crippen molar-refractivity contribution in [1.82, 2.24) is 0 Å². The van der Waals surface area contributed by atoms with Gasteiger partial charge in [0.15, 0.2) is 0 Å². The minimum atomic E-state index is -0.295. The van der Waals surface area contributed by atoms with E-state index >= 15 is 0 Å². The number of anilines is 1. The number of esters is 1. The zero-order chi connectivity index (χ0) is 20.6. The number of carbonyl (C=O) groups excluding carboxylic acids is 2. The number of aryl methyl sites for hydroxylation is 2. The Labute approximate surface area is 170 Å². The second-order valence-electron chi connectivity index (χ2n) is 6.64. The zero-order valence-electron chi connectivity index (χ0n) is 16.5. The number of carbonyl (C=O) groups is 2. The van der Waals surface area contributed by atoms with E-state index in [1.807, 2.05) is 31.2 Å². The van der Waals surface area contributed by atoms with E-state index in [4.69, 9.17) is 9.47 Å². The molecular weight excluding hydrogens is 366 g/mol. The molecule has 5 heteroatoms. The molecule has 0 radical (unpaired) electrons. The first-order valence-corrected chi connectivity index (χ1v) is 9.36. The van der Waals surface area contributed by atoms with E-state index in [1.165, 1.54) is 12.7 Å². The molecule has 0 saturated carbocycles. The molecular formula is C24H23NO4. The highest BCUT2D eigenvalue weighted by Crippen LogP contribution is 2.21. The standard InChI is InChI=1S/C24H23NO4/c1-17-7-9-18(10-8-17)11-16-23(26)29-20-14-12-19(13-15-20)25-24(27)21-5-3-4-6-22(21)28-2/h3-10,12-15H,11,16H2,1-2H3,(H,25,27). The van der Waals surface area contributed by atoms with Gasteiger partial charge in [-0.15, -0.1) is 0 Å². The van der Waals surface area contributed by atoms with Crippen LogP contribution in [0.5, 0.6) is 11.5 Å². The van der Waals surface area contributed by atoms with Gasteiger partial charge < -0.3 is 14.8 Å². The summed E-state index contributed by atoms with van der Waals surface area (Å²) in [6.45, 7) is 2.03. The predicted octanol–water partition coefficient (Wildman–Crippen LogP) is 4.79. The topological polar surface area (TPSA) is 64.6 Å². The average Bonchev–Trinajstić information content (AvgIpc) is 2.74. The molecule has 0 fully saturated rings. The van der Waals surface area contributed by atoms with Gasteiger partial charge in [-0.3, -0.25) is 9.59 Å². The number of ether oxygens (including phenoxy) is 2. The molecule has 0 aliphatic rings. The number of hydrogen-bond donors (Lipinski definition) is 1. The molecule has 0 aromatic heterocycles. The Bertz CT molecular complexity index is 979. The van der Waals surface area contributed by atoms with Gasteiger partial charge in [0.25, 0.3) is 5.91 Å². The van der Waals surface area contributed by atoms with Crippen LogP contribution in [0, 0.1) is 6.92 Å². The fraction of sp³-hybridized carbons (Fsp3) is 0.167. The molecule has 3 aromatic carbocycles. The average molecular weight is 389 g/mol. The van der Waals surface area contributed by atoms with Crippen LogP contribution in [0.15, 0.2) is 72.8 Å². The molecule has 3 rings (SSSR count). The second kappa shape index (κ2) is 9.55. The summed E-state index contributed by atoms with van der Waals surface area (Å²) >= 11 is 0. The van der Waals surface area contributed by atoms with Gasteiger partial charge in [0.05, 0.1) is 12.7 Å². The third-order valence-corrected chi connectivity index (χ3v) is 4.43. The summed E-state index contributed by atoms with van der Waals surface area (Å²) in [4.78, 5) is 24.5. The maximum absolute atomic E-state index is 12.4. The number of amides is 1. The van der Waals surface area contributed by atoms with Crippen molar-refractivity contribution in [2.75, 3.05) is 12.4 Å². The van der Waals surface area contributed by atoms with Crippen molar-refractivity contribution in [2.45, 2.75) is 19.8 Å². The first kappa shape index (κ1) is 20.1. The van der Waals surface area contributed by atoms with Crippen molar-refractivity contribution in [2.24, 2.45) is 0 Å². The van der Waals surface area contributed by atoms with E-state index in [1.54, 1.807) is 48.5 Å². The molecule has 0 bridgehead atoms. The molecule has 0 heterocycles. The lowest BCUT2D eigenvalue weighted by Gasteiger charge is -2.10. The molecule has 3 aromatic rings. The SMILES string of the molecule is COc1ccccc1C(=O)Nc1ccc(OC(=O)CCc2ccc(C)cc2)cc1. The zero-order valence-corrected chi connectivity index (χ0v) is 16.5. The highest BCUT2D eigenvalue weighted by molar-refractivity contribution is 6.06. The fourth-order valence-electron chi connectivity index (χ4n) is 2.82. The molecule has 0 unspecified atom stereocenters. The first-order valence-electron chi connectivity index (χ1n) is 9.36. The Morgan fingerprint density at radius 1 is 0.897 bits per heavy atom. The number of rotatable bonds is 7. The smallest absolute Gasteiger partial charge is 0.311 e. The Morgan fingerprint density at radius 3 is 2.28 bits per heavy atom. The Morgan fingerprint density at radius 2 is 1.59 bits per heavy atom. The fourth-order valence-corrected chi connectivity index (χ4v) is 2.82. The number of hydrogen-bond acceptors (Lipinski definition) is 4. The minimum absolute atomic E-state index is 0.273. The second-order valence-corrected chi connectivity index (χ2v) is 6.64. The molecule has 0 aliphatic carbocycles. The van der Waals surface area contributed by atoms with E-state index < -0.39 is 0 Å². The Kier molecular flexibility index (Phi) is 6.63. The van der Waals surface area contributed by atoms with Crippen molar-refractivity contribution in [3.8, 4) is 11.5 Å². The lowest BCUT2D eigenvalue weighted by atomic mass is 10.1. The van der Waals surface area contributed by atoms with Gasteiger partial charge in [-0.2, -0.15) is 0 Å². The van der Waals surface area contributed by atoms with E-state index in [2.05, 4.69) is 5.32 Å². The van der Waals surface area contributed by atoms with Gasteiger partial charge in [0.2, 0.25) is 0 Å². The molecule has 1 N–H and O–H groups in total. The lowest BCUT2D eigenvalue weighted by Crippen LogP contribution is -2.13. The molecule has 0 aliphatic heterocycles. The van der Waals surface area contributed by atoms with Crippen LogP contribution in [0.3, 0.4) is 0 Å². The normalized spacial score (nSPS) is 10.3. The quantitative estimate of drug-likeness (QED) is 0.466. The molecule has 148 valence electrons. The highest BCUT2D eigenvalue weighted by atomic mass is 16.5. The van der Waals surface area contributed by atoms with Crippen LogP contribution in [-0.4, -0.2) is 19.0 Å². The van der Waals surface area contributed by atoms with Crippen LogP contribution in [-0.2, 0) is 11.2 Å². The summed E-state index contributed by atoms with van der Waals surface area (Å²) in [6, 6.07) is 21.8. The van der Waals surface area contributed by atoms with Crippen LogP contribution in [0.1, 0.15) is 27.9 Å². The number of para-hydroxylation sites is 1. The van der Waals surface area contributed by atoms with E-state index in [-0.39, 0.29) is 11.9 Å².